The van der Waals surface area contributed by atoms with Gasteiger partial charge in [0.25, 0.3) is 5.89 Å². The average molecular weight is 371 g/mol. The molecule has 0 aliphatic rings. The predicted molar refractivity (Wildman–Crippen MR) is 94.1 cm³/mol. The van der Waals surface area contributed by atoms with E-state index in [2.05, 4.69) is 10.2 Å². The van der Waals surface area contributed by atoms with Crippen molar-refractivity contribution < 1.29 is 18.7 Å². The van der Waals surface area contributed by atoms with Gasteiger partial charge < -0.3 is 9.15 Å². The van der Waals surface area contributed by atoms with Gasteiger partial charge >= 0.3 is 5.97 Å². The topological polar surface area (TPSA) is 82.3 Å². The van der Waals surface area contributed by atoms with Crippen molar-refractivity contribution in [3.63, 3.8) is 0 Å². The molecule has 3 aromatic rings. The number of carbonyl (C=O) groups is 2. The van der Waals surface area contributed by atoms with Gasteiger partial charge in [-0.15, -0.1) is 10.2 Å². The maximum atomic E-state index is 12.7. The molecule has 132 valence electrons. The highest BCUT2D eigenvalue weighted by Crippen LogP contribution is 2.18. The lowest BCUT2D eigenvalue weighted by Crippen LogP contribution is -2.12. The van der Waals surface area contributed by atoms with E-state index in [1.54, 1.807) is 42.5 Å². The van der Waals surface area contributed by atoms with Crippen LogP contribution in [0.5, 0.6) is 0 Å². The lowest BCUT2D eigenvalue weighted by molar-refractivity contribution is 0.0434. The minimum atomic E-state index is -0.640. The molecule has 0 saturated carbocycles. The summed E-state index contributed by atoms with van der Waals surface area (Å²) < 4.78 is 10.5. The van der Waals surface area contributed by atoms with Crippen LogP contribution in [0.4, 0.5) is 0 Å². The number of nitrogens with zero attached hydrogens (tertiary/aromatic N) is 2. The first-order valence-corrected chi connectivity index (χ1v) is 8.34. The summed E-state index contributed by atoms with van der Waals surface area (Å²) in [7, 11) is 0. The number of hydrogen-bond donors (Lipinski definition) is 0. The molecule has 0 N–H and O–H groups in total. The SMILES string of the molecule is CCc1nnc(COC(=O)c2ccccc2C(=O)c2ccc(Cl)cc2)o1. The Balaban J connectivity index is 1.78. The molecule has 0 unspecified atom stereocenters. The van der Waals surface area contributed by atoms with Crippen LogP contribution in [0.3, 0.4) is 0 Å². The molecule has 2 aromatic carbocycles. The zero-order valence-corrected chi connectivity index (χ0v) is 14.7. The Morgan fingerprint density at radius 3 is 2.31 bits per heavy atom. The number of benzene rings is 2. The maximum Gasteiger partial charge on any atom is 0.339 e. The quantitative estimate of drug-likeness (QED) is 0.484. The van der Waals surface area contributed by atoms with E-state index in [4.69, 9.17) is 20.8 Å². The number of ketones is 1. The molecule has 0 aliphatic carbocycles. The van der Waals surface area contributed by atoms with Gasteiger partial charge in [-0.3, -0.25) is 4.79 Å². The van der Waals surface area contributed by atoms with E-state index in [0.29, 0.717) is 22.9 Å². The first-order valence-electron chi connectivity index (χ1n) is 7.96. The fraction of sp³-hybridized carbons (Fsp3) is 0.158. The third kappa shape index (κ3) is 3.97. The summed E-state index contributed by atoms with van der Waals surface area (Å²) in [6.07, 6.45) is 0.597. The van der Waals surface area contributed by atoms with Crippen molar-refractivity contribution in [2.24, 2.45) is 0 Å². The second-order valence-electron chi connectivity index (χ2n) is 5.40. The molecule has 6 nitrogen and oxygen atoms in total. The zero-order chi connectivity index (χ0) is 18.5. The number of carbonyl (C=O) groups excluding carboxylic acids is 2. The maximum absolute atomic E-state index is 12.7. The first-order chi connectivity index (χ1) is 12.6. The summed E-state index contributed by atoms with van der Waals surface area (Å²) in [6, 6.07) is 12.9. The molecule has 1 aromatic heterocycles. The molecular formula is C19H15ClN2O4. The zero-order valence-electron chi connectivity index (χ0n) is 13.9. The molecule has 1 heterocycles. The molecule has 7 heteroatoms. The molecule has 26 heavy (non-hydrogen) atoms. The molecule has 0 saturated heterocycles. The van der Waals surface area contributed by atoms with Crippen LogP contribution in [0, 0.1) is 0 Å². The molecule has 3 rings (SSSR count). The number of esters is 1. The van der Waals surface area contributed by atoms with Gasteiger partial charge in [0.05, 0.1) is 5.56 Å². The van der Waals surface area contributed by atoms with Gasteiger partial charge in [-0.1, -0.05) is 36.7 Å². The van der Waals surface area contributed by atoms with Gasteiger partial charge in [-0.25, -0.2) is 4.79 Å². The lowest BCUT2D eigenvalue weighted by Gasteiger charge is -2.08. The molecule has 0 radical (unpaired) electrons. The third-order valence-electron chi connectivity index (χ3n) is 3.64. The minimum absolute atomic E-state index is 0.157. The third-order valence-corrected chi connectivity index (χ3v) is 3.89. The van der Waals surface area contributed by atoms with E-state index in [9.17, 15) is 9.59 Å². The smallest absolute Gasteiger partial charge is 0.339 e. The molecule has 0 amide bonds. The van der Waals surface area contributed by atoms with Crippen molar-refractivity contribution >= 4 is 23.4 Å². The van der Waals surface area contributed by atoms with Gasteiger partial charge in [0.15, 0.2) is 12.4 Å². The van der Waals surface area contributed by atoms with Crippen molar-refractivity contribution in [3.8, 4) is 0 Å². The number of aromatic nitrogens is 2. The summed E-state index contributed by atoms with van der Waals surface area (Å²) >= 11 is 5.85. The van der Waals surface area contributed by atoms with E-state index in [-0.39, 0.29) is 29.4 Å². The van der Waals surface area contributed by atoms with E-state index < -0.39 is 5.97 Å². The van der Waals surface area contributed by atoms with Gasteiger partial charge in [0.1, 0.15) is 0 Å². The van der Waals surface area contributed by atoms with E-state index in [0.717, 1.165) is 0 Å². The van der Waals surface area contributed by atoms with Crippen LogP contribution in [0.25, 0.3) is 0 Å². The molecule has 0 fully saturated rings. The Labute approximate surface area is 154 Å². The standard InChI is InChI=1S/C19H15ClN2O4/c1-2-16-21-22-17(26-16)11-25-19(24)15-6-4-3-5-14(15)18(23)12-7-9-13(20)10-8-12/h3-10H,2,11H2,1H3. The Bertz CT molecular complexity index is 935. The van der Waals surface area contributed by atoms with Crippen LogP contribution in [0.2, 0.25) is 5.02 Å². The van der Waals surface area contributed by atoms with Crippen LogP contribution < -0.4 is 0 Å². The Morgan fingerprint density at radius 2 is 1.65 bits per heavy atom. The number of aryl methyl sites for hydroxylation is 1. The summed E-state index contributed by atoms with van der Waals surface area (Å²) in [6.45, 7) is 1.72. The summed E-state index contributed by atoms with van der Waals surface area (Å²) in [5.41, 5.74) is 0.849. The van der Waals surface area contributed by atoms with E-state index in [1.807, 2.05) is 6.92 Å². The molecule has 0 bridgehead atoms. The average Bonchev–Trinajstić information content (AvgIpc) is 3.14. The Morgan fingerprint density at radius 1 is 1.00 bits per heavy atom. The number of ether oxygens (including phenoxy) is 1. The van der Waals surface area contributed by atoms with Crippen LogP contribution in [-0.2, 0) is 17.8 Å². The van der Waals surface area contributed by atoms with Gasteiger partial charge in [-0.05, 0) is 30.3 Å². The molecule has 0 atom stereocenters. The first kappa shape index (κ1) is 17.8. The fourth-order valence-electron chi connectivity index (χ4n) is 2.31. The molecule has 0 aliphatic heterocycles. The minimum Gasteiger partial charge on any atom is -0.452 e. The summed E-state index contributed by atoms with van der Waals surface area (Å²) in [5, 5.41) is 8.13. The van der Waals surface area contributed by atoms with Crippen LogP contribution in [0.1, 0.15) is 45.0 Å². The molecule has 0 spiro atoms. The second-order valence-corrected chi connectivity index (χ2v) is 5.84. The highest BCUT2D eigenvalue weighted by atomic mass is 35.5. The lowest BCUT2D eigenvalue weighted by atomic mass is 9.98. The predicted octanol–water partition coefficient (Wildman–Crippen LogP) is 3.87. The normalized spacial score (nSPS) is 10.5. The van der Waals surface area contributed by atoms with Gasteiger partial charge in [-0.2, -0.15) is 0 Å². The Kier molecular flexibility index (Phi) is 5.43. The monoisotopic (exact) mass is 370 g/mol. The Hall–Kier alpha value is -2.99. The summed E-state index contributed by atoms with van der Waals surface area (Å²) in [5.74, 6) is -0.259. The van der Waals surface area contributed by atoms with Crippen molar-refractivity contribution in [1.82, 2.24) is 10.2 Å². The van der Waals surface area contributed by atoms with E-state index >= 15 is 0 Å². The van der Waals surface area contributed by atoms with Crippen molar-refractivity contribution in [2.45, 2.75) is 20.0 Å². The number of rotatable bonds is 6. The highest BCUT2D eigenvalue weighted by molar-refractivity contribution is 6.30. The van der Waals surface area contributed by atoms with Crippen molar-refractivity contribution in [2.75, 3.05) is 0 Å². The molecular weight excluding hydrogens is 356 g/mol. The van der Waals surface area contributed by atoms with E-state index in [1.165, 1.54) is 6.07 Å². The number of halogens is 1. The van der Waals surface area contributed by atoms with Crippen LogP contribution in [-0.4, -0.2) is 21.9 Å². The van der Waals surface area contributed by atoms with Crippen molar-refractivity contribution in [3.05, 3.63) is 82.0 Å². The number of hydrogen-bond acceptors (Lipinski definition) is 6. The van der Waals surface area contributed by atoms with Crippen LogP contribution >= 0.6 is 11.6 Å². The van der Waals surface area contributed by atoms with Gasteiger partial charge in [0, 0.05) is 22.6 Å². The largest absolute Gasteiger partial charge is 0.452 e. The highest BCUT2D eigenvalue weighted by Gasteiger charge is 2.20. The van der Waals surface area contributed by atoms with Crippen molar-refractivity contribution in [1.29, 1.82) is 0 Å². The van der Waals surface area contributed by atoms with Crippen LogP contribution in [0.15, 0.2) is 52.9 Å². The van der Waals surface area contributed by atoms with Gasteiger partial charge in [0.2, 0.25) is 5.89 Å². The fourth-order valence-corrected chi connectivity index (χ4v) is 2.44. The summed E-state index contributed by atoms with van der Waals surface area (Å²) in [4.78, 5) is 25.1. The second kappa shape index (κ2) is 7.93.